The first kappa shape index (κ1) is 9.71. The van der Waals surface area contributed by atoms with Gasteiger partial charge >= 0.3 is 0 Å². The predicted molar refractivity (Wildman–Crippen MR) is 54.6 cm³/mol. The van der Waals surface area contributed by atoms with E-state index in [9.17, 15) is 4.79 Å². The molecule has 0 saturated heterocycles. The number of hydrogen-bond donors (Lipinski definition) is 0. The fourth-order valence-electron chi connectivity index (χ4n) is 1.40. The molecule has 4 nitrogen and oxygen atoms in total. The van der Waals surface area contributed by atoms with Crippen LogP contribution in [-0.4, -0.2) is 15.6 Å². The number of furan rings is 1. The van der Waals surface area contributed by atoms with Crippen molar-refractivity contribution in [3.63, 3.8) is 0 Å². The molecule has 0 saturated carbocycles. The number of hydrogen-bond acceptors (Lipinski definition) is 3. The Balaban J connectivity index is 1.93. The van der Waals surface area contributed by atoms with Crippen molar-refractivity contribution in [2.45, 2.75) is 12.8 Å². The maximum atomic E-state index is 11.7. The lowest BCUT2D eigenvalue weighted by atomic mass is 10.1. The summed E-state index contributed by atoms with van der Waals surface area (Å²) in [5, 5.41) is 3.96. The summed E-state index contributed by atoms with van der Waals surface area (Å²) in [4.78, 5) is 11.7. The van der Waals surface area contributed by atoms with Gasteiger partial charge < -0.3 is 4.42 Å². The van der Waals surface area contributed by atoms with E-state index in [-0.39, 0.29) is 5.78 Å². The van der Waals surface area contributed by atoms with Crippen molar-refractivity contribution in [2.75, 3.05) is 0 Å². The number of rotatable bonds is 4. The minimum Gasteiger partial charge on any atom is -0.469 e. The second-order valence-corrected chi connectivity index (χ2v) is 3.41. The van der Waals surface area contributed by atoms with Crippen LogP contribution in [0.1, 0.15) is 22.5 Å². The summed E-state index contributed by atoms with van der Waals surface area (Å²) in [6.07, 6.45) is 6.03. The van der Waals surface area contributed by atoms with Crippen LogP contribution >= 0.6 is 0 Å². The molecule has 0 aliphatic heterocycles. The SMILES string of the molecule is Cn1cc(C(=O)CCc2ccco2)cn1. The molecule has 15 heavy (non-hydrogen) atoms. The van der Waals surface area contributed by atoms with Crippen molar-refractivity contribution in [3.05, 3.63) is 42.1 Å². The van der Waals surface area contributed by atoms with Gasteiger partial charge in [0.1, 0.15) is 5.76 Å². The second kappa shape index (κ2) is 4.13. The van der Waals surface area contributed by atoms with E-state index in [1.807, 2.05) is 12.1 Å². The number of aryl methyl sites for hydroxylation is 2. The molecule has 0 N–H and O–H groups in total. The van der Waals surface area contributed by atoms with Gasteiger partial charge in [-0.1, -0.05) is 0 Å². The predicted octanol–water partition coefficient (Wildman–Crippen LogP) is 1.83. The van der Waals surface area contributed by atoms with Gasteiger partial charge in [0.05, 0.1) is 18.0 Å². The molecule has 0 bridgehead atoms. The summed E-state index contributed by atoms with van der Waals surface area (Å²) in [6, 6.07) is 3.69. The summed E-state index contributed by atoms with van der Waals surface area (Å²) >= 11 is 0. The van der Waals surface area contributed by atoms with Gasteiger partial charge in [0.25, 0.3) is 0 Å². The van der Waals surface area contributed by atoms with Gasteiger partial charge in [-0.2, -0.15) is 5.10 Å². The number of nitrogens with zero attached hydrogens (tertiary/aromatic N) is 2. The Morgan fingerprint density at radius 1 is 1.60 bits per heavy atom. The molecule has 0 fully saturated rings. The maximum absolute atomic E-state index is 11.7. The highest BCUT2D eigenvalue weighted by molar-refractivity contribution is 5.95. The average molecular weight is 204 g/mol. The molecule has 0 aliphatic carbocycles. The Labute approximate surface area is 87.5 Å². The number of carbonyl (C=O) groups excluding carboxylic acids is 1. The Hall–Kier alpha value is -1.84. The fourth-order valence-corrected chi connectivity index (χ4v) is 1.40. The molecule has 4 heteroatoms. The number of ketones is 1. The first-order valence-corrected chi connectivity index (χ1v) is 4.80. The molecule has 0 aliphatic rings. The zero-order chi connectivity index (χ0) is 10.7. The lowest BCUT2D eigenvalue weighted by Crippen LogP contribution is -1.99. The Kier molecular flexibility index (Phi) is 2.67. The number of carbonyl (C=O) groups is 1. The van der Waals surface area contributed by atoms with Crippen molar-refractivity contribution in [1.29, 1.82) is 0 Å². The van der Waals surface area contributed by atoms with E-state index < -0.39 is 0 Å². The van der Waals surface area contributed by atoms with E-state index in [1.165, 1.54) is 0 Å². The van der Waals surface area contributed by atoms with Crippen LogP contribution in [0.15, 0.2) is 35.2 Å². The van der Waals surface area contributed by atoms with Gasteiger partial charge in [0.15, 0.2) is 5.78 Å². The molecular weight excluding hydrogens is 192 g/mol. The Bertz CT molecular complexity index is 443. The maximum Gasteiger partial charge on any atom is 0.166 e. The summed E-state index contributed by atoms with van der Waals surface area (Å²) in [6.45, 7) is 0. The minimum absolute atomic E-state index is 0.0968. The van der Waals surface area contributed by atoms with Gasteiger partial charge in [-0.3, -0.25) is 9.48 Å². The highest BCUT2D eigenvalue weighted by Crippen LogP contribution is 2.08. The normalized spacial score (nSPS) is 10.5. The summed E-state index contributed by atoms with van der Waals surface area (Å²) < 4.78 is 6.78. The van der Waals surface area contributed by atoms with Gasteiger partial charge in [-0.25, -0.2) is 0 Å². The highest BCUT2D eigenvalue weighted by Gasteiger charge is 2.08. The van der Waals surface area contributed by atoms with E-state index >= 15 is 0 Å². The van der Waals surface area contributed by atoms with Gasteiger partial charge in [-0.05, 0) is 12.1 Å². The van der Waals surface area contributed by atoms with Gasteiger partial charge in [0, 0.05) is 26.1 Å². The Morgan fingerprint density at radius 2 is 2.47 bits per heavy atom. The summed E-state index contributed by atoms with van der Waals surface area (Å²) in [5.74, 6) is 0.937. The monoisotopic (exact) mass is 204 g/mol. The molecule has 0 amide bonds. The van der Waals surface area contributed by atoms with Crippen LogP contribution in [-0.2, 0) is 13.5 Å². The van der Waals surface area contributed by atoms with E-state index in [0.717, 1.165) is 5.76 Å². The molecule has 2 heterocycles. The van der Waals surface area contributed by atoms with Crippen LogP contribution in [0.25, 0.3) is 0 Å². The van der Waals surface area contributed by atoms with E-state index in [1.54, 1.807) is 30.4 Å². The topological polar surface area (TPSA) is 48.0 Å². The number of Topliss-reactive ketones (excluding diaryl/α,β-unsaturated/α-hetero) is 1. The van der Waals surface area contributed by atoms with Crippen molar-refractivity contribution in [1.82, 2.24) is 9.78 Å². The molecule has 0 unspecified atom stereocenters. The molecule has 0 radical (unpaired) electrons. The second-order valence-electron chi connectivity index (χ2n) is 3.41. The number of aromatic nitrogens is 2. The third kappa shape index (κ3) is 2.34. The first-order valence-electron chi connectivity index (χ1n) is 4.80. The molecule has 78 valence electrons. The van der Waals surface area contributed by atoms with Crippen molar-refractivity contribution in [2.24, 2.45) is 7.05 Å². The molecule has 0 aromatic carbocycles. The molecule has 2 aromatic heterocycles. The van der Waals surface area contributed by atoms with Gasteiger partial charge in [0.2, 0.25) is 0 Å². The molecule has 0 spiro atoms. The summed E-state index contributed by atoms with van der Waals surface area (Å²) in [5.41, 5.74) is 0.657. The minimum atomic E-state index is 0.0968. The molecular formula is C11H12N2O2. The standard InChI is InChI=1S/C11H12N2O2/c1-13-8-9(7-12-13)11(14)5-4-10-3-2-6-15-10/h2-3,6-8H,4-5H2,1H3. The third-order valence-corrected chi connectivity index (χ3v) is 2.21. The fraction of sp³-hybridized carbons (Fsp3) is 0.273. The highest BCUT2D eigenvalue weighted by atomic mass is 16.3. The molecule has 0 atom stereocenters. The van der Waals surface area contributed by atoms with Crippen molar-refractivity contribution >= 4 is 5.78 Å². The van der Waals surface area contributed by atoms with Crippen molar-refractivity contribution in [3.8, 4) is 0 Å². The van der Waals surface area contributed by atoms with Crippen LogP contribution < -0.4 is 0 Å². The van der Waals surface area contributed by atoms with Crippen LogP contribution in [0.2, 0.25) is 0 Å². The Morgan fingerprint density at radius 3 is 3.07 bits per heavy atom. The van der Waals surface area contributed by atoms with Crippen LogP contribution in [0.3, 0.4) is 0 Å². The quantitative estimate of drug-likeness (QED) is 0.714. The lowest BCUT2D eigenvalue weighted by Gasteiger charge is -1.95. The molecule has 2 aromatic rings. The van der Waals surface area contributed by atoms with E-state index in [2.05, 4.69) is 5.10 Å². The molecule has 2 rings (SSSR count). The van der Waals surface area contributed by atoms with Crippen LogP contribution in [0, 0.1) is 0 Å². The zero-order valence-electron chi connectivity index (χ0n) is 8.51. The van der Waals surface area contributed by atoms with E-state index in [0.29, 0.717) is 18.4 Å². The van der Waals surface area contributed by atoms with Crippen LogP contribution in [0.4, 0.5) is 0 Å². The average Bonchev–Trinajstić information content (AvgIpc) is 2.84. The van der Waals surface area contributed by atoms with Crippen LogP contribution in [0.5, 0.6) is 0 Å². The zero-order valence-corrected chi connectivity index (χ0v) is 8.51. The smallest absolute Gasteiger partial charge is 0.166 e. The largest absolute Gasteiger partial charge is 0.469 e. The summed E-state index contributed by atoms with van der Waals surface area (Å²) in [7, 11) is 1.79. The lowest BCUT2D eigenvalue weighted by molar-refractivity contribution is 0.0981. The van der Waals surface area contributed by atoms with E-state index in [4.69, 9.17) is 4.42 Å². The third-order valence-electron chi connectivity index (χ3n) is 2.21. The van der Waals surface area contributed by atoms with Gasteiger partial charge in [-0.15, -0.1) is 0 Å². The van der Waals surface area contributed by atoms with Crippen molar-refractivity contribution < 1.29 is 9.21 Å². The first-order chi connectivity index (χ1) is 7.25.